The summed E-state index contributed by atoms with van der Waals surface area (Å²) in [6.07, 6.45) is 3.15. The van der Waals surface area contributed by atoms with Gasteiger partial charge >= 0.3 is 0 Å². The Morgan fingerprint density at radius 3 is 2.75 bits per heavy atom. The van der Waals surface area contributed by atoms with Crippen molar-refractivity contribution in [3.05, 3.63) is 95.3 Å². The van der Waals surface area contributed by atoms with E-state index in [1.165, 1.54) is 0 Å². The number of nitrogens with one attached hydrogen (secondary N) is 4. The number of aromatic nitrogens is 3. The van der Waals surface area contributed by atoms with Crippen LogP contribution in [0.1, 0.15) is 61.1 Å². The summed E-state index contributed by atoms with van der Waals surface area (Å²) in [5.41, 5.74) is 6.90. The molecule has 3 unspecified atom stereocenters. The highest BCUT2D eigenvalue weighted by molar-refractivity contribution is 6.07. The molecule has 5 N–H and O–H groups in total. The number of ether oxygens (including phenoxy) is 1. The number of rotatable bonds is 4. The lowest BCUT2D eigenvalue weighted by atomic mass is 9.72. The third-order valence-electron chi connectivity index (χ3n) is 11.9. The van der Waals surface area contributed by atoms with Crippen LogP contribution in [0.5, 0.6) is 5.75 Å². The fourth-order valence-corrected chi connectivity index (χ4v) is 9.32. The van der Waals surface area contributed by atoms with Crippen molar-refractivity contribution in [1.29, 1.82) is 0 Å². The maximum absolute atomic E-state index is 14.3. The van der Waals surface area contributed by atoms with Gasteiger partial charge in [-0.15, -0.1) is 0 Å². The van der Waals surface area contributed by atoms with Gasteiger partial charge in [0, 0.05) is 63.9 Å². The van der Waals surface area contributed by atoms with Gasteiger partial charge in [0.2, 0.25) is 17.7 Å². The number of oxazole rings is 2. The molecule has 1 saturated heterocycles. The summed E-state index contributed by atoms with van der Waals surface area (Å²) < 4.78 is 20.5. The number of aliphatic hydroxyl groups excluding tert-OH is 1. The van der Waals surface area contributed by atoms with Crippen LogP contribution >= 0.6 is 0 Å². The molecular formula is C41H36N6O6. The maximum Gasteiger partial charge on any atom is 0.249 e. The topological polar surface area (TPSA) is 168 Å². The Labute approximate surface area is 303 Å². The third kappa shape index (κ3) is 4.24. The lowest BCUT2D eigenvalue weighted by Crippen LogP contribution is -2.41. The van der Waals surface area contributed by atoms with Crippen LogP contribution in [0.25, 0.3) is 44.9 Å². The van der Waals surface area contributed by atoms with Crippen molar-refractivity contribution in [2.75, 3.05) is 11.9 Å². The van der Waals surface area contributed by atoms with Gasteiger partial charge in [-0.05, 0) is 42.0 Å². The summed E-state index contributed by atoms with van der Waals surface area (Å²) in [6.45, 7) is 4.36. The summed E-state index contributed by atoms with van der Waals surface area (Å²) in [4.78, 5) is 41.3. The van der Waals surface area contributed by atoms with Crippen LogP contribution in [-0.4, -0.2) is 56.7 Å². The number of benzene rings is 3. The van der Waals surface area contributed by atoms with Crippen LogP contribution in [-0.2, 0) is 21.4 Å². The number of anilines is 1. The predicted octanol–water partition coefficient (Wildman–Crippen LogP) is 5.60. The minimum atomic E-state index is -1.03. The fraction of sp³-hybridized carbons (Fsp3) is 0.317. The van der Waals surface area contributed by atoms with E-state index < -0.39 is 35.7 Å². The molecule has 6 aromatic rings. The van der Waals surface area contributed by atoms with Gasteiger partial charge in [0.25, 0.3) is 0 Å². The smallest absolute Gasteiger partial charge is 0.249 e. The Bertz CT molecular complexity index is 2530. The Hall–Kier alpha value is -5.72. The molecule has 5 aliphatic rings. The van der Waals surface area contributed by atoms with Crippen molar-refractivity contribution < 1.29 is 28.3 Å². The number of aromatic amines is 1. The first-order valence-electron chi connectivity index (χ1n) is 18.3. The molecule has 12 nitrogen and oxygen atoms in total. The van der Waals surface area contributed by atoms with Crippen LogP contribution < -0.4 is 20.7 Å². The molecule has 3 aromatic carbocycles. The van der Waals surface area contributed by atoms with Crippen LogP contribution in [0.4, 0.5) is 5.69 Å². The Morgan fingerprint density at radius 1 is 1.04 bits per heavy atom. The van der Waals surface area contributed by atoms with E-state index in [0.29, 0.717) is 48.2 Å². The zero-order valence-corrected chi connectivity index (χ0v) is 29.0. The summed E-state index contributed by atoms with van der Waals surface area (Å²) >= 11 is 0. The van der Waals surface area contributed by atoms with Crippen molar-refractivity contribution in [2.24, 2.45) is 11.8 Å². The second-order valence-corrected chi connectivity index (χ2v) is 15.4. The van der Waals surface area contributed by atoms with Gasteiger partial charge in [0.15, 0.2) is 29.2 Å². The number of Topliss-reactive ketones (excluding diaryl/α,β-unsaturated/α-hetero) is 1. The zero-order valence-electron chi connectivity index (χ0n) is 29.0. The van der Waals surface area contributed by atoms with Crippen molar-refractivity contribution in [2.45, 2.75) is 62.9 Å². The molecule has 10 bridgehead atoms. The minimum Gasteiger partial charge on any atom is -0.469 e. The van der Waals surface area contributed by atoms with E-state index in [1.54, 1.807) is 6.20 Å². The summed E-state index contributed by atoms with van der Waals surface area (Å²) in [7, 11) is 0. The van der Waals surface area contributed by atoms with E-state index in [4.69, 9.17) is 23.5 Å². The van der Waals surface area contributed by atoms with E-state index in [2.05, 4.69) is 57.3 Å². The van der Waals surface area contributed by atoms with Crippen LogP contribution in [0, 0.1) is 11.8 Å². The standard InChI is InChI=1S/C41H36N6O6/c1-18(2)33-39-46-35-36(53-39)41-25-7-3-6-23(22-5-4-8-27-32(22)24(16-43-27)31-17-44-38(35)51-31)34(25)47-40(41)52-30-10-9-19(12-26(30)41)11-20(37(50)45-33)13-29(49)28-14-21(48)15-42-28/h3-10,12,16-18,20-21,28,33,40,42-43,47-48H,11,13-15H2,1-2H3,(H,45,50)/t20?,21-,28+,33?,40+,41?/m1/s1. The predicted molar refractivity (Wildman–Crippen MR) is 194 cm³/mol. The quantitative estimate of drug-likeness (QED) is 0.155. The number of para-hydroxylation sites is 1. The zero-order chi connectivity index (χ0) is 35.7. The SMILES string of the molecule is CC(C)C1NC(=O)C(CC(=O)[C@@H]2C[C@@H](O)CN2)Cc2ccc3c(c2)C24c5cccc(c5N[C@H]2O3)-c2cccc3[nH]cc(c23)-c2cnc(o2)-c2nc1oc24. The summed E-state index contributed by atoms with van der Waals surface area (Å²) in [5.74, 6) is 1.21. The van der Waals surface area contributed by atoms with E-state index in [1.807, 2.05) is 38.2 Å². The van der Waals surface area contributed by atoms with Crippen molar-refractivity contribution in [3.63, 3.8) is 0 Å². The van der Waals surface area contributed by atoms with Crippen LogP contribution in [0.2, 0.25) is 0 Å². The number of H-pyrrole nitrogens is 1. The van der Waals surface area contributed by atoms with Crippen LogP contribution in [0.3, 0.4) is 0 Å². The molecule has 1 spiro atoms. The second-order valence-electron chi connectivity index (χ2n) is 15.4. The van der Waals surface area contributed by atoms with E-state index in [9.17, 15) is 14.7 Å². The monoisotopic (exact) mass is 708 g/mol. The number of carbonyl (C=O) groups excluding carboxylic acids is 2. The van der Waals surface area contributed by atoms with Gasteiger partial charge in [-0.3, -0.25) is 9.59 Å². The molecule has 53 heavy (non-hydrogen) atoms. The van der Waals surface area contributed by atoms with Crippen molar-refractivity contribution >= 4 is 28.3 Å². The number of amides is 1. The highest BCUT2D eigenvalue weighted by Gasteiger charge is 2.61. The number of aliphatic hydroxyl groups is 1. The average molecular weight is 709 g/mol. The Morgan fingerprint density at radius 2 is 1.91 bits per heavy atom. The molecule has 0 radical (unpaired) electrons. The largest absolute Gasteiger partial charge is 0.469 e. The van der Waals surface area contributed by atoms with E-state index in [0.717, 1.165) is 50.0 Å². The third-order valence-corrected chi connectivity index (χ3v) is 11.9. The van der Waals surface area contributed by atoms with Crippen molar-refractivity contribution in [1.82, 2.24) is 25.6 Å². The lowest BCUT2D eigenvalue weighted by Gasteiger charge is -2.28. The molecule has 8 heterocycles. The number of β-amino-alcohol motifs (C(OH)–C–C–N with tert-alkyl or cyclic N) is 1. The average Bonchev–Trinajstić information content (AvgIpc) is 3.99. The van der Waals surface area contributed by atoms with E-state index in [-0.39, 0.29) is 29.9 Å². The molecule has 266 valence electrons. The highest BCUT2D eigenvalue weighted by Crippen LogP contribution is 2.61. The molecule has 6 atom stereocenters. The molecule has 0 aliphatic carbocycles. The van der Waals surface area contributed by atoms with Gasteiger partial charge in [-0.2, -0.15) is 0 Å². The first kappa shape index (κ1) is 30.9. The van der Waals surface area contributed by atoms with Gasteiger partial charge in [-0.1, -0.05) is 56.3 Å². The van der Waals surface area contributed by atoms with Gasteiger partial charge in [0.05, 0.1) is 18.3 Å². The summed E-state index contributed by atoms with van der Waals surface area (Å²) in [6, 6.07) is 17.4. The molecular weight excluding hydrogens is 672 g/mol. The lowest BCUT2D eigenvalue weighted by molar-refractivity contribution is -0.131. The summed E-state index contributed by atoms with van der Waals surface area (Å²) in [5, 5.41) is 21.3. The fourth-order valence-electron chi connectivity index (χ4n) is 9.32. The number of hydrogen-bond donors (Lipinski definition) is 5. The number of fused-ring (bicyclic) bond motifs is 7. The number of carbonyl (C=O) groups is 2. The first-order valence-corrected chi connectivity index (χ1v) is 18.3. The van der Waals surface area contributed by atoms with Gasteiger partial charge in [-0.25, -0.2) is 9.97 Å². The highest BCUT2D eigenvalue weighted by atomic mass is 16.5. The van der Waals surface area contributed by atoms with Gasteiger partial charge < -0.3 is 39.6 Å². The first-order chi connectivity index (χ1) is 25.8. The normalized spacial score (nSPS) is 26.0. The van der Waals surface area contributed by atoms with E-state index >= 15 is 0 Å². The molecule has 11 rings (SSSR count). The van der Waals surface area contributed by atoms with Crippen LogP contribution in [0.15, 0.2) is 75.8 Å². The molecule has 1 amide bonds. The van der Waals surface area contributed by atoms with Gasteiger partial charge in [0.1, 0.15) is 17.2 Å². The number of hydrogen-bond acceptors (Lipinski definition) is 10. The Kier molecular flexibility index (Phi) is 6.35. The molecule has 3 aromatic heterocycles. The maximum atomic E-state index is 14.3. The Balaban J connectivity index is 1.18. The molecule has 12 heteroatoms. The van der Waals surface area contributed by atoms with Crippen molar-refractivity contribution in [3.8, 4) is 39.8 Å². The molecule has 1 fully saturated rings. The molecule has 0 saturated carbocycles. The minimum absolute atomic E-state index is 0.0173. The second kappa shape index (κ2) is 10.9. The number of nitrogens with zero attached hydrogens (tertiary/aromatic N) is 2. The number of ketones is 1. The molecule has 5 aliphatic heterocycles.